The van der Waals surface area contributed by atoms with Gasteiger partial charge in [-0.1, -0.05) is 18.9 Å². The molecule has 5 nitrogen and oxygen atoms in total. The summed E-state index contributed by atoms with van der Waals surface area (Å²) in [6.45, 7) is 1.65. The van der Waals surface area contributed by atoms with E-state index in [0.717, 1.165) is 25.9 Å². The zero-order valence-electron chi connectivity index (χ0n) is 12.4. The highest BCUT2D eigenvalue weighted by Gasteiger charge is 2.16. The van der Waals surface area contributed by atoms with Gasteiger partial charge in [0.1, 0.15) is 5.75 Å². The molecule has 114 valence electrons. The molecule has 1 N–H and O–H groups in total. The van der Waals surface area contributed by atoms with Crippen LogP contribution in [0.3, 0.4) is 0 Å². The highest BCUT2D eigenvalue weighted by atomic mass is 16.5. The van der Waals surface area contributed by atoms with Gasteiger partial charge < -0.3 is 15.0 Å². The Kier molecular flexibility index (Phi) is 5.60. The first-order valence-electron chi connectivity index (χ1n) is 7.41. The third kappa shape index (κ3) is 4.48. The van der Waals surface area contributed by atoms with Crippen molar-refractivity contribution in [1.82, 2.24) is 10.2 Å². The molecule has 0 aromatic heterocycles. The second-order valence-corrected chi connectivity index (χ2v) is 5.21. The van der Waals surface area contributed by atoms with Gasteiger partial charge in [0.05, 0.1) is 13.7 Å². The van der Waals surface area contributed by atoms with Crippen LogP contribution in [0.15, 0.2) is 24.3 Å². The molecule has 1 aliphatic rings. The highest BCUT2D eigenvalue weighted by Crippen LogP contribution is 2.12. The monoisotopic (exact) mass is 290 g/mol. The van der Waals surface area contributed by atoms with Gasteiger partial charge in [0, 0.05) is 18.7 Å². The Hall–Kier alpha value is -2.04. The molecular weight excluding hydrogens is 268 g/mol. The number of amides is 2. The van der Waals surface area contributed by atoms with E-state index in [4.69, 9.17) is 4.74 Å². The minimum Gasteiger partial charge on any atom is -0.497 e. The fourth-order valence-electron chi connectivity index (χ4n) is 2.45. The molecule has 2 amide bonds. The lowest BCUT2D eigenvalue weighted by molar-refractivity contribution is -0.130. The van der Waals surface area contributed by atoms with Gasteiger partial charge in [0.25, 0.3) is 5.91 Å². The average Bonchev–Trinajstić information content (AvgIpc) is 2.81. The van der Waals surface area contributed by atoms with Gasteiger partial charge in [-0.15, -0.1) is 0 Å². The zero-order valence-corrected chi connectivity index (χ0v) is 12.4. The van der Waals surface area contributed by atoms with Crippen molar-refractivity contribution in [2.75, 3.05) is 26.7 Å². The molecule has 21 heavy (non-hydrogen) atoms. The minimum absolute atomic E-state index is 0.00635. The van der Waals surface area contributed by atoms with Gasteiger partial charge in [-0.2, -0.15) is 0 Å². The van der Waals surface area contributed by atoms with Crippen LogP contribution in [0.4, 0.5) is 0 Å². The van der Waals surface area contributed by atoms with Crippen LogP contribution in [-0.4, -0.2) is 43.5 Å². The summed E-state index contributed by atoms with van der Waals surface area (Å²) in [5.41, 5.74) is 0.498. The molecule has 0 atom stereocenters. The van der Waals surface area contributed by atoms with Crippen LogP contribution >= 0.6 is 0 Å². The van der Waals surface area contributed by atoms with Crippen molar-refractivity contribution >= 4 is 11.8 Å². The first-order valence-corrected chi connectivity index (χ1v) is 7.41. The number of nitrogens with zero attached hydrogens (tertiary/aromatic N) is 1. The van der Waals surface area contributed by atoms with E-state index in [-0.39, 0.29) is 18.4 Å². The molecule has 1 aliphatic heterocycles. The lowest BCUT2D eigenvalue weighted by Gasteiger charge is -2.20. The molecule has 1 aromatic rings. The standard InChI is InChI=1S/C16H22N2O3/c1-21-14-8-6-7-13(11-14)16(20)17-12-15(19)18-9-4-2-3-5-10-18/h6-8,11H,2-5,9-10,12H2,1H3,(H,17,20). The summed E-state index contributed by atoms with van der Waals surface area (Å²) >= 11 is 0. The number of ether oxygens (including phenoxy) is 1. The molecule has 1 heterocycles. The van der Waals surface area contributed by atoms with Crippen LogP contribution in [0.5, 0.6) is 5.75 Å². The van der Waals surface area contributed by atoms with Crippen molar-refractivity contribution in [1.29, 1.82) is 0 Å². The Morgan fingerprint density at radius 1 is 1.19 bits per heavy atom. The topological polar surface area (TPSA) is 58.6 Å². The van der Waals surface area contributed by atoms with E-state index in [9.17, 15) is 9.59 Å². The molecule has 5 heteroatoms. The number of methoxy groups -OCH3 is 1. The fraction of sp³-hybridized carbons (Fsp3) is 0.500. The SMILES string of the molecule is COc1cccc(C(=O)NCC(=O)N2CCCCCC2)c1. The van der Waals surface area contributed by atoms with E-state index in [1.807, 2.05) is 4.90 Å². The first kappa shape index (κ1) is 15.4. The van der Waals surface area contributed by atoms with E-state index >= 15 is 0 Å². The molecule has 1 saturated heterocycles. The van der Waals surface area contributed by atoms with Gasteiger partial charge >= 0.3 is 0 Å². The van der Waals surface area contributed by atoms with Crippen LogP contribution in [0.25, 0.3) is 0 Å². The summed E-state index contributed by atoms with van der Waals surface area (Å²) in [6, 6.07) is 6.89. The van der Waals surface area contributed by atoms with E-state index < -0.39 is 0 Å². The number of hydrogen-bond acceptors (Lipinski definition) is 3. The molecule has 0 radical (unpaired) electrons. The van der Waals surface area contributed by atoms with E-state index in [0.29, 0.717) is 11.3 Å². The molecule has 0 bridgehead atoms. The Morgan fingerprint density at radius 3 is 2.57 bits per heavy atom. The van der Waals surface area contributed by atoms with Crippen LogP contribution < -0.4 is 10.1 Å². The molecular formula is C16H22N2O3. The van der Waals surface area contributed by atoms with Crippen LogP contribution in [0.1, 0.15) is 36.0 Å². The van der Waals surface area contributed by atoms with E-state index in [2.05, 4.69) is 5.32 Å². The maximum absolute atomic E-state index is 12.1. The largest absolute Gasteiger partial charge is 0.497 e. The highest BCUT2D eigenvalue weighted by molar-refractivity contribution is 5.96. The Balaban J connectivity index is 1.86. The van der Waals surface area contributed by atoms with Crippen molar-refractivity contribution in [3.05, 3.63) is 29.8 Å². The van der Waals surface area contributed by atoms with E-state index in [1.165, 1.54) is 12.8 Å². The summed E-state index contributed by atoms with van der Waals surface area (Å²) in [5.74, 6) is 0.367. The number of hydrogen-bond donors (Lipinski definition) is 1. The van der Waals surface area contributed by atoms with Crippen molar-refractivity contribution in [3.63, 3.8) is 0 Å². The van der Waals surface area contributed by atoms with Gasteiger partial charge in [-0.05, 0) is 31.0 Å². The normalized spacial score (nSPS) is 15.2. The van der Waals surface area contributed by atoms with Crippen molar-refractivity contribution in [2.24, 2.45) is 0 Å². The molecule has 1 fully saturated rings. The quantitative estimate of drug-likeness (QED) is 0.920. The lowest BCUT2D eigenvalue weighted by atomic mass is 10.2. The summed E-state index contributed by atoms with van der Waals surface area (Å²) in [5, 5.41) is 2.68. The predicted molar refractivity (Wildman–Crippen MR) is 80.4 cm³/mol. The average molecular weight is 290 g/mol. The predicted octanol–water partition coefficient (Wildman–Crippen LogP) is 1.83. The van der Waals surface area contributed by atoms with E-state index in [1.54, 1.807) is 31.4 Å². The van der Waals surface area contributed by atoms with Crippen LogP contribution in [0, 0.1) is 0 Å². The third-order valence-corrected chi connectivity index (χ3v) is 3.69. The summed E-state index contributed by atoms with van der Waals surface area (Å²) in [4.78, 5) is 26.0. The Morgan fingerprint density at radius 2 is 1.90 bits per heavy atom. The van der Waals surface area contributed by atoms with Crippen LogP contribution in [-0.2, 0) is 4.79 Å². The van der Waals surface area contributed by atoms with Crippen molar-refractivity contribution < 1.29 is 14.3 Å². The van der Waals surface area contributed by atoms with Crippen molar-refractivity contribution in [2.45, 2.75) is 25.7 Å². The maximum atomic E-state index is 12.1. The summed E-state index contributed by atoms with van der Waals surface area (Å²) in [6.07, 6.45) is 4.46. The molecule has 2 rings (SSSR count). The Labute approximate surface area is 125 Å². The smallest absolute Gasteiger partial charge is 0.251 e. The van der Waals surface area contributed by atoms with Gasteiger partial charge in [-0.25, -0.2) is 0 Å². The zero-order chi connectivity index (χ0) is 15.1. The minimum atomic E-state index is -0.253. The van der Waals surface area contributed by atoms with Gasteiger partial charge in [-0.3, -0.25) is 9.59 Å². The number of likely N-dealkylation sites (tertiary alicyclic amines) is 1. The number of carbonyl (C=O) groups excluding carboxylic acids is 2. The van der Waals surface area contributed by atoms with Gasteiger partial charge in [0.15, 0.2) is 0 Å². The third-order valence-electron chi connectivity index (χ3n) is 3.69. The number of nitrogens with one attached hydrogen (secondary N) is 1. The molecule has 0 spiro atoms. The first-order chi connectivity index (χ1) is 10.2. The van der Waals surface area contributed by atoms with Gasteiger partial charge in [0.2, 0.25) is 5.91 Å². The Bertz CT molecular complexity index is 494. The van der Waals surface area contributed by atoms with Crippen molar-refractivity contribution in [3.8, 4) is 5.75 Å². The molecule has 0 unspecified atom stereocenters. The molecule has 0 saturated carbocycles. The number of benzene rings is 1. The summed E-state index contributed by atoms with van der Waals surface area (Å²) in [7, 11) is 1.56. The molecule has 0 aliphatic carbocycles. The summed E-state index contributed by atoms with van der Waals surface area (Å²) < 4.78 is 5.08. The number of rotatable bonds is 4. The second-order valence-electron chi connectivity index (χ2n) is 5.21. The van der Waals surface area contributed by atoms with Crippen LogP contribution in [0.2, 0.25) is 0 Å². The maximum Gasteiger partial charge on any atom is 0.251 e. The lowest BCUT2D eigenvalue weighted by Crippen LogP contribution is -2.40. The number of carbonyl (C=O) groups is 2. The molecule has 1 aromatic carbocycles. The fourth-order valence-corrected chi connectivity index (χ4v) is 2.45. The second kappa shape index (κ2) is 7.67.